The van der Waals surface area contributed by atoms with Crippen LogP contribution in [0.4, 0.5) is 0 Å². The first-order valence-electron chi connectivity index (χ1n) is 16.9. The van der Waals surface area contributed by atoms with Gasteiger partial charge in [0, 0.05) is 25.6 Å². The molecule has 6 rings (SSSR count). The highest BCUT2D eigenvalue weighted by atomic mass is 32.2. The number of aryl methyl sites for hydroxylation is 1. The molecule has 1 spiro atoms. The molecule has 1 aromatic carbocycles. The van der Waals surface area contributed by atoms with Crippen molar-refractivity contribution in [1.29, 1.82) is 0 Å². The summed E-state index contributed by atoms with van der Waals surface area (Å²) in [4.78, 5) is 0.150. The molecule has 10 nitrogen and oxygen atoms in total. The second-order valence-corrected chi connectivity index (χ2v) is 17.2. The van der Waals surface area contributed by atoms with E-state index in [9.17, 15) is 13.5 Å². The predicted molar refractivity (Wildman–Crippen MR) is 169 cm³/mol. The molecule has 5 fully saturated rings. The van der Waals surface area contributed by atoms with Crippen molar-refractivity contribution >= 4 is 10.1 Å². The van der Waals surface area contributed by atoms with Crippen molar-refractivity contribution in [2.24, 2.45) is 34.5 Å². The number of aliphatic hydroxyl groups is 1. The maximum absolute atomic E-state index is 13.3. The van der Waals surface area contributed by atoms with Gasteiger partial charge >= 0.3 is 0 Å². The molecule has 0 bridgehead atoms. The van der Waals surface area contributed by atoms with Crippen LogP contribution in [0.1, 0.15) is 78.2 Å². The summed E-state index contributed by atoms with van der Waals surface area (Å²) in [7, 11) is -0.710. The Bertz CT molecular complexity index is 1350. The van der Waals surface area contributed by atoms with E-state index in [4.69, 9.17) is 32.6 Å². The standard InChI is InChI=1S/C35H54O10S/c1-23-8-10-26(11-9-23)46(37,38)44-19-25-12-15-35(43-22-40-7)27-13-14-33(36)17-24(2)16-29-34(33,20-42-31(3,4)45-29)30(27)28(41-21-39-6)18-32(25,35)5/h8-11,24-25,27-30,36H,12-22H2,1-7H3/t24-,25+,27?,28?,29+,30?,32+,33-,34+,35-/m0/s1. The molecule has 4 saturated carbocycles. The quantitative estimate of drug-likeness (QED) is 0.264. The molecule has 0 aromatic heterocycles. The van der Waals surface area contributed by atoms with Crippen LogP contribution in [0.5, 0.6) is 0 Å². The van der Waals surface area contributed by atoms with Crippen LogP contribution in [0.2, 0.25) is 0 Å². The summed E-state index contributed by atoms with van der Waals surface area (Å²) in [6.45, 7) is 10.8. The average Bonchev–Trinajstić information content (AvgIpc) is 3.27. The fourth-order valence-corrected chi connectivity index (χ4v) is 11.6. The van der Waals surface area contributed by atoms with E-state index < -0.39 is 37.9 Å². The third-order valence-electron chi connectivity index (χ3n) is 12.7. The Morgan fingerprint density at radius 2 is 1.72 bits per heavy atom. The number of hydrogen-bond donors (Lipinski definition) is 1. The van der Waals surface area contributed by atoms with Gasteiger partial charge in [0.2, 0.25) is 0 Å². The van der Waals surface area contributed by atoms with E-state index in [2.05, 4.69) is 13.8 Å². The Morgan fingerprint density at radius 3 is 2.41 bits per heavy atom. The van der Waals surface area contributed by atoms with Crippen molar-refractivity contribution in [3.63, 3.8) is 0 Å². The lowest BCUT2D eigenvalue weighted by molar-refractivity contribution is -0.405. The molecule has 260 valence electrons. The lowest BCUT2D eigenvalue weighted by Gasteiger charge is -2.71. The first-order chi connectivity index (χ1) is 21.7. The van der Waals surface area contributed by atoms with Crippen molar-refractivity contribution < 1.29 is 46.1 Å². The summed E-state index contributed by atoms with van der Waals surface area (Å²) in [6, 6.07) is 6.73. The summed E-state index contributed by atoms with van der Waals surface area (Å²) in [5.41, 5.74) is -1.93. The van der Waals surface area contributed by atoms with Crippen LogP contribution in [-0.2, 0) is 42.7 Å². The van der Waals surface area contributed by atoms with E-state index in [0.29, 0.717) is 38.2 Å². The second kappa shape index (κ2) is 12.3. The molecule has 5 aliphatic rings. The van der Waals surface area contributed by atoms with Gasteiger partial charge in [-0.05, 0) is 95.6 Å². The molecule has 0 radical (unpaired) electrons. The topological polar surface area (TPSA) is 119 Å². The predicted octanol–water partition coefficient (Wildman–Crippen LogP) is 5.19. The fourth-order valence-electron chi connectivity index (χ4n) is 10.6. The highest BCUT2D eigenvalue weighted by Gasteiger charge is 2.77. The van der Waals surface area contributed by atoms with Crippen LogP contribution < -0.4 is 0 Å². The first-order valence-corrected chi connectivity index (χ1v) is 18.3. The summed E-state index contributed by atoms with van der Waals surface area (Å²) in [5.74, 6) is -0.793. The van der Waals surface area contributed by atoms with Crippen LogP contribution in [0.25, 0.3) is 0 Å². The van der Waals surface area contributed by atoms with Gasteiger partial charge in [0.05, 0.1) is 46.9 Å². The zero-order valence-electron chi connectivity index (χ0n) is 28.6. The van der Waals surface area contributed by atoms with Gasteiger partial charge in [-0.2, -0.15) is 8.42 Å². The van der Waals surface area contributed by atoms with Crippen molar-refractivity contribution in [1.82, 2.24) is 0 Å². The minimum Gasteiger partial charge on any atom is -0.389 e. The zero-order chi connectivity index (χ0) is 33.2. The highest BCUT2D eigenvalue weighted by Crippen LogP contribution is 2.72. The van der Waals surface area contributed by atoms with Gasteiger partial charge in [-0.3, -0.25) is 4.18 Å². The van der Waals surface area contributed by atoms with Gasteiger partial charge in [-0.15, -0.1) is 0 Å². The third kappa shape index (κ3) is 5.40. The van der Waals surface area contributed by atoms with Crippen LogP contribution in [-0.4, -0.2) is 83.7 Å². The number of ether oxygens (including phenoxy) is 6. The maximum atomic E-state index is 13.3. The number of rotatable bonds is 10. The summed E-state index contributed by atoms with van der Waals surface area (Å²) >= 11 is 0. The van der Waals surface area contributed by atoms with Gasteiger partial charge in [-0.1, -0.05) is 31.5 Å². The van der Waals surface area contributed by atoms with E-state index >= 15 is 0 Å². The SMILES string of the molecule is COCOC1C[C@]2(C)[C@@H](COS(=O)(=O)c3ccc(C)cc3)CC[C@]2(OCOC)C2CC[C@]3(O)C[C@@H](C)C[C@H]4OC(C)(C)OC[C@]43C12. The van der Waals surface area contributed by atoms with E-state index in [-0.39, 0.29) is 55.0 Å². The molecule has 1 heterocycles. The van der Waals surface area contributed by atoms with Crippen molar-refractivity contribution in [2.45, 2.75) is 114 Å². The summed E-state index contributed by atoms with van der Waals surface area (Å²) in [6.07, 6.45) is 4.29. The number of fused-ring (bicyclic) bond motifs is 3. The van der Waals surface area contributed by atoms with Crippen LogP contribution in [0.15, 0.2) is 29.2 Å². The molecule has 3 unspecified atom stereocenters. The Morgan fingerprint density at radius 1 is 1.00 bits per heavy atom. The first kappa shape index (κ1) is 34.7. The van der Waals surface area contributed by atoms with Crippen molar-refractivity contribution in [3.8, 4) is 0 Å². The van der Waals surface area contributed by atoms with Crippen molar-refractivity contribution in [3.05, 3.63) is 29.8 Å². The maximum Gasteiger partial charge on any atom is 0.296 e. The van der Waals surface area contributed by atoms with E-state index in [1.165, 1.54) is 0 Å². The second-order valence-electron chi connectivity index (χ2n) is 15.5. The molecule has 1 aliphatic heterocycles. The molecule has 0 amide bonds. The Kier molecular flexibility index (Phi) is 9.29. The lowest BCUT2D eigenvalue weighted by atomic mass is 9.39. The molecule has 11 heteroatoms. The Balaban J connectivity index is 1.40. The molecule has 4 aliphatic carbocycles. The van der Waals surface area contributed by atoms with Crippen LogP contribution in [0, 0.1) is 41.4 Å². The Hall–Kier alpha value is -1.15. The molecular weight excluding hydrogens is 612 g/mol. The van der Waals surface area contributed by atoms with Crippen LogP contribution >= 0.6 is 0 Å². The van der Waals surface area contributed by atoms with Crippen molar-refractivity contribution in [2.75, 3.05) is 41.0 Å². The zero-order valence-corrected chi connectivity index (χ0v) is 29.4. The van der Waals surface area contributed by atoms with Crippen LogP contribution in [0.3, 0.4) is 0 Å². The normalized spacial score (nSPS) is 43.3. The monoisotopic (exact) mass is 666 g/mol. The van der Waals surface area contributed by atoms with Gasteiger partial charge in [0.1, 0.15) is 13.6 Å². The fraction of sp³-hybridized carbons (Fsp3) is 0.829. The molecule has 1 aromatic rings. The van der Waals surface area contributed by atoms with Gasteiger partial charge in [0.25, 0.3) is 10.1 Å². The molecule has 1 saturated heterocycles. The third-order valence-corrected chi connectivity index (χ3v) is 13.9. The van der Waals surface area contributed by atoms with Gasteiger partial charge in [0.15, 0.2) is 5.79 Å². The molecular formula is C35H54O10S. The smallest absolute Gasteiger partial charge is 0.296 e. The minimum atomic E-state index is -3.96. The molecule has 46 heavy (non-hydrogen) atoms. The largest absolute Gasteiger partial charge is 0.389 e. The van der Waals surface area contributed by atoms with E-state index in [1.54, 1.807) is 38.5 Å². The lowest BCUT2D eigenvalue weighted by Crippen LogP contribution is -2.78. The Labute approximate surface area is 274 Å². The van der Waals surface area contributed by atoms with Gasteiger partial charge < -0.3 is 33.5 Å². The highest BCUT2D eigenvalue weighted by molar-refractivity contribution is 7.86. The van der Waals surface area contributed by atoms with Gasteiger partial charge in [-0.25, -0.2) is 0 Å². The minimum absolute atomic E-state index is 0.0356. The van der Waals surface area contributed by atoms with E-state index in [1.807, 2.05) is 20.8 Å². The van der Waals surface area contributed by atoms with E-state index in [0.717, 1.165) is 24.8 Å². The average molecular weight is 667 g/mol. The summed E-state index contributed by atoms with van der Waals surface area (Å²) < 4.78 is 70.2. The summed E-state index contributed by atoms with van der Waals surface area (Å²) in [5, 5.41) is 12.7. The molecule has 1 N–H and O–H groups in total. The molecule has 10 atom stereocenters. The number of hydrogen-bond acceptors (Lipinski definition) is 10. The number of benzene rings is 1. The number of methoxy groups -OCH3 is 2.